The topological polar surface area (TPSA) is 0 Å². The van der Waals surface area contributed by atoms with E-state index in [0.717, 1.165) is 5.08 Å². The molecule has 0 radical (unpaired) electrons. The van der Waals surface area contributed by atoms with Gasteiger partial charge in [0.15, 0.2) is 0 Å². The van der Waals surface area contributed by atoms with Gasteiger partial charge >= 0.3 is 0 Å². The minimum absolute atomic E-state index is 1.04. The van der Waals surface area contributed by atoms with Crippen molar-refractivity contribution in [3.63, 3.8) is 0 Å². The van der Waals surface area contributed by atoms with Gasteiger partial charge in [0.2, 0.25) is 0 Å². The molecular formula is C17H14S2. The van der Waals surface area contributed by atoms with E-state index >= 15 is 0 Å². The first-order valence-corrected chi connectivity index (χ1v) is 8.19. The third kappa shape index (κ3) is 3.14. The van der Waals surface area contributed by atoms with Crippen molar-refractivity contribution in [2.24, 2.45) is 0 Å². The fraction of sp³-hybridized carbons (Fsp3) is 0.0588. The molecular weight excluding hydrogens is 268 g/mol. The summed E-state index contributed by atoms with van der Waals surface area (Å²) in [6, 6.07) is 25.6. The molecule has 3 aromatic rings. The lowest BCUT2D eigenvalue weighted by Gasteiger charge is -2.06. The van der Waals surface area contributed by atoms with Gasteiger partial charge in [0, 0.05) is 14.9 Å². The van der Waals surface area contributed by atoms with E-state index < -0.39 is 0 Å². The lowest BCUT2D eigenvalue weighted by Crippen LogP contribution is -1.78. The van der Waals surface area contributed by atoms with Crippen LogP contribution in [0.5, 0.6) is 0 Å². The Morgan fingerprint density at radius 1 is 0.632 bits per heavy atom. The lowest BCUT2D eigenvalue weighted by atomic mass is 10.1. The van der Waals surface area contributed by atoms with Gasteiger partial charge in [-0.2, -0.15) is 0 Å². The number of fused-ring (bicyclic) bond motifs is 1. The smallest absolute Gasteiger partial charge is 0.0486 e. The maximum absolute atomic E-state index is 2.21. The summed E-state index contributed by atoms with van der Waals surface area (Å²) in [5, 5.41) is 3.71. The predicted molar refractivity (Wildman–Crippen MR) is 87.0 cm³/mol. The van der Waals surface area contributed by atoms with E-state index in [0.29, 0.717) is 0 Å². The molecule has 0 bridgehead atoms. The van der Waals surface area contributed by atoms with Gasteiger partial charge in [0.25, 0.3) is 0 Å². The van der Waals surface area contributed by atoms with Crippen molar-refractivity contribution in [3.8, 4) is 0 Å². The van der Waals surface area contributed by atoms with Crippen LogP contribution in [0.1, 0.15) is 0 Å². The quantitative estimate of drug-likeness (QED) is 0.446. The molecule has 0 aliphatic carbocycles. The number of rotatable bonds is 4. The second-order valence-corrected chi connectivity index (χ2v) is 6.63. The van der Waals surface area contributed by atoms with Crippen molar-refractivity contribution in [3.05, 3.63) is 72.8 Å². The second kappa shape index (κ2) is 6.18. The molecule has 0 saturated carbocycles. The van der Waals surface area contributed by atoms with Crippen molar-refractivity contribution in [2.45, 2.75) is 9.79 Å². The molecule has 0 fully saturated rings. The van der Waals surface area contributed by atoms with E-state index in [1.165, 1.54) is 20.6 Å². The highest BCUT2D eigenvalue weighted by molar-refractivity contribution is 8.16. The van der Waals surface area contributed by atoms with Crippen molar-refractivity contribution in [1.82, 2.24) is 0 Å². The number of hydrogen-bond donors (Lipinski definition) is 0. The Bertz CT molecular complexity index is 657. The summed E-state index contributed by atoms with van der Waals surface area (Å²) < 4.78 is 0. The lowest BCUT2D eigenvalue weighted by molar-refractivity contribution is 1.47. The van der Waals surface area contributed by atoms with Gasteiger partial charge < -0.3 is 0 Å². The molecule has 2 heteroatoms. The fourth-order valence-electron chi connectivity index (χ4n) is 2.00. The summed E-state index contributed by atoms with van der Waals surface area (Å²) in [7, 11) is 0. The van der Waals surface area contributed by atoms with Gasteiger partial charge in [-0.25, -0.2) is 0 Å². The molecule has 0 heterocycles. The van der Waals surface area contributed by atoms with Crippen LogP contribution in [0.25, 0.3) is 10.8 Å². The Hall–Kier alpha value is -1.38. The van der Waals surface area contributed by atoms with Crippen LogP contribution in [0.15, 0.2) is 82.6 Å². The average Bonchev–Trinajstić information content (AvgIpc) is 2.49. The fourth-order valence-corrected chi connectivity index (χ4v) is 4.15. The van der Waals surface area contributed by atoms with Crippen molar-refractivity contribution >= 4 is 34.3 Å². The molecule has 3 aromatic carbocycles. The Morgan fingerprint density at radius 3 is 2.26 bits per heavy atom. The molecule has 0 amide bonds. The summed E-state index contributed by atoms with van der Waals surface area (Å²) in [5.74, 6) is 0. The zero-order valence-corrected chi connectivity index (χ0v) is 12.1. The molecule has 0 atom stereocenters. The molecule has 0 unspecified atom stereocenters. The van der Waals surface area contributed by atoms with E-state index in [4.69, 9.17) is 0 Å². The SMILES string of the molecule is c1ccc(SCSc2cccc3ccccc23)cc1. The Labute approximate surface area is 122 Å². The van der Waals surface area contributed by atoms with Crippen LogP contribution < -0.4 is 0 Å². The van der Waals surface area contributed by atoms with Crippen molar-refractivity contribution in [1.29, 1.82) is 0 Å². The first-order valence-electron chi connectivity index (χ1n) is 6.22. The first kappa shape index (κ1) is 12.6. The minimum atomic E-state index is 1.04. The van der Waals surface area contributed by atoms with Gasteiger partial charge in [0.1, 0.15) is 0 Å². The van der Waals surface area contributed by atoms with Gasteiger partial charge in [-0.15, -0.1) is 23.5 Å². The number of benzene rings is 3. The third-order valence-corrected chi connectivity index (χ3v) is 5.15. The molecule has 3 rings (SSSR count). The van der Waals surface area contributed by atoms with E-state index in [2.05, 4.69) is 72.8 Å². The highest BCUT2D eigenvalue weighted by Gasteiger charge is 2.01. The molecule has 19 heavy (non-hydrogen) atoms. The highest BCUT2D eigenvalue weighted by atomic mass is 32.2. The van der Waals surface area contributed by atoms with Crippen LogP contribution in [0.3, 0.4) is 0 Å². The molecule has 0 aliphatic heterocycles. The monoisotopic (exact) mass is 282 g/mol. The van der Waals surface area contributed by atoms with E-state index in [1.807, 2.05) is 23.5 Å². The summed E-state index contributed by atoms with van der Waals surface area (Å²) >= 11 is 3.79. The van der Waals surface area contributed by atoms with Crippen LogP contribution in [0.4, 0.5) is 0 Å². The second-order valence-electron chi connectivity index (χ2n) is 4.20. The number of hydrogen-bond acceptors (Lipinski definition) is 2. The molecule has 0 N–H and O–H groups in total. The van der Waals surface area contributed by atoms with E-state index in [9.17, 15) is 0 Å². The first-order chi connectivity index (χ1) is 9.43. The summed E-state index contributed by atoms with van der Waals surface area (Å²) in [5.41, 5.74) is 0. The van der Waals surface area contributed by atoms with Gasteiger partial charge in [-0.05, 0) is 29.0 Å². The summed E-state index contributed by atoms with van der Waals surface area (Å²) in [6.45, 7) is 0. The van der Waals surface area contributed by atoms with Gasteiger partial charge in [-0.3, -0.25) is 0 Å². The molecule has 0 aromatic heterocycles. The molecule has 0 nitrogen and oxygen atoms in total. The largest absolute Gasteiger partial charge is 0.115 e. The number of thioether (sulfide) groups is 2. The van der Waals surface area contributed by atoms with Crippen LogP contribution >= 0.6 is 23.5 Å². The highest BCUT2D eigenvalue weighted by Crippen LogP contribution is 2.32. The average molecular weight is 282 g/mol. The summed E-state index contributed by atoms with van der Waals surface area (Å²) in [6.07, 6.45) is 0. The van der Waals surface area contributed by atoms with E-state index in [1.54, 1.807) is 0 Å². The normalized spacial score (nSPS) is 10.7. The Morgan fingerprint density at radius 2 is 1.37 bits per heavy atom. The zero-order valence-electron chi connectivity index (χ0n) is 10.5. The van der Waals surface area contributed by atoms with Gasteiger partial charge in [0.05, 0.1) is 0 Å². The van der Waals surface area contributed by atoms with Gasteiger partial charge in [-0.1, -0.05) is 54.6 Å². The predicted octanol–water partition coefficient (Wildman–Crippen LogP) is 5.68. The minimum Gasteiger partial charge on any atom is -0.115 e. The van der Waals surface area contributed by atoms with Crippen molar-refractivity contribution in [2.75, 3.05) is 5.08 Å². The Kier molecular flexibility index (Phi) is 4.11. The molecule has 0 saturated heterocycles. The molecule has 94 valence electrons. The van der Waals surface area contributed by atoms with Crippen LogP contribution in [0, 0.1) is 0 Å². The maximum Gasteiger partial charge on any atom is 0.0486 e. The molecule has 0 spiro atoms. The maximum atomic E-state index is 2.21. The van der Waals surface area contributed by atoms with E-state index in [-0.39, 0.29) is 0 Å². The van der Waals surface area contributed by atoms with Crippen LogP contribution in [0.2, 0.25) is 0 Å². The standard InChI is InChI=1S/C17H14S2/c1-2-9-15(10-3-1)18-13-19-17-12-6-8-14-7-4-5-11-16(14)17/h1-12H,13H2. The van der Waals surface area contributed by atoms with Crippen LogP contribution in [-0.2, 0) is 0 Å². The van der Waals surface area contributed by atoms with Crippen LogP contribution in [-0.4, -0.2) is 5.08 Å². The third-order valence-electron chi connectivity index (χ3n) is 2.93. The zero-order chi connectivity index (χ0) is 12.9. The van der Waals surface area contributed by atoms with Crippen molar-refractivity contribution < 1.29 is 0 Å². The summed E-state index contributed by atoms with van der Waals surface area (Å²) in [4.78, 5) is 2.69. The Balaban J connectivity index is 1.72. The molecule has 0 aliphatic rings.